The van der Waals surface area contributed by atoms with Crippen LogP contribution in [0, 0.1) is 17.7 Å². The van der Waals surface area contributed by atoms with Crippen LogP contribution in [0.3, 0.4) is 0 Å². The Kier molecular flexibility index (Phi) is 19.6. The monoisotopic (exact) mass is 754 g/mol. The van der Waals surface area contributed by atoms with E-state index in [1.165, 1.54) is 29.6 Å². The molecule has 1 unspecified atom stereocenters. The summed E-state index contributed by atoms with van der Waals surface area (Å²) in [5.74, 6) is -2.85. The average Bonchev–Trinajstić information content (AvgIpc) is 3.87. The van der Waals surface area contributed by atoms with Crippen LogP contribution in [0.2, 0.25) is 0 Å². The molecule has 3 heterocycles. The molecule has 0 aliphatic heterocycles. The number of amides is 1. The van der Waals surface area contributed by atoms with Crippen LogP contribution in [-0.4, -0.2) is 73.5 Å². The number of pyridine rings is 1. The number of aliphatic hydroxyl groups excluding tert-OH is 2. The summed E-state index contributed by atoms with van der Waals surface area (Å²) in [7, 11) is 0. The molecule has 0 spiro atoms. The molecule has 0 radical (unpaired) electrons. The minimum Gasteiger partial charge on any atom is -0.397 e. The van der Waals surface area contributed by atoms with Gasteiger partial charge in [0.05, 0.1) is 23.6 Å². The predicted octanol–water partition coefficient (Wildman–Crippen LogP) is 5.15. The topological polar surface area (TPSA) is 212 Å². The van der Waals surface area contributed by atoms with Gasteiger partial charge in [-0.1, -0.05) is 63.4 Å². The van der Waals surface area contributed by atoms with Crippen LogP contribution in [0.1, 0.15) is 85.8 Å². The van der Waals surface area contributed by atoms with E-state index in [1.807, 2.05) is 51.0 Å². The number of hydrogen-bond acceptors (Lipinski definition) is 12. The van der Waals surface area contributed by atoms with Crippen LogP contribution >= 0.6 is 11.3 Å². The van der Waals surface area contributed by atoms with Gasteiger partial charge in [0.25, 0.3) is 11.8 Å². The molecule has 0 bridgehead atoms. The van der Waals surface area contributed by atoms with Crippen LogP contribution in [0.25, 0.3) is 16.3 Å². The summed E-state index contributed by atoms with van der Waals surface area (Å²) in [5.41, 5.74) is 12.5. The highest BCUT2D eigenvalue weighted by Crippen LogP contribution is 2.24. The number of halogens is 2. The first kappa shape index (κ1) is 44.1. The largest absolute Gasteiger partial charge is 0.397 e. The summed E-state index contributed by atoms with van der Waals surface area (Å²) in [6, 6.07) is 11.8. The van der Waals surface area contributed by atoms with Gasteiger partial charge < -0.3 is 31.8 Å². The quantitative estimate of drug-likeness (QED) is 0.106. The molecule has 53 heavy (non-hydrogen) atoms. The van der Waals surface area contributed by atoms with Crippen molar-refractivity contribution in [2.45, 2.75) is 78.0 Å². The standard InChI is InChI=1S/C27H31F2N7O3S.C7H9N.C2H6O.CH2O/c1-15(2)10-21(37)27(39)36-13-16(11-32-36)26-34-20(14-40-26)25(38)33-19(12-31-17-6-4-3-5-7-17)23(30)24-18(28)8-9-22(29)35-24;8-6-7-4-2-1-3-5-7;1-2-3;1-2/h8-9,11-15,17,21,37H,3-7,10,30H2,1-2H3,(H,33,38);1-5H,6,8H2;3H,2H2,1H3;1H2/b23-19+,31-12?;;;. The zero-order valence-corrected chi connectivity index (χ0v) is 30.9. The van der Waals surface area contributed by atoms with Crippen LogP contribution in [-0.2, 0) is 11.3 Å². The van der Waals surface area contributed by atoms with Gasteiger partial charge in [0.1, 0.15) is 29.3 Å². The van der Waals surface area contributed by atoms with Crippen molar-refractivity contribution in [3.05, 3.63) is 94.7 Å². The van der Waals surface area contributed by atoms with Crippen molar-refractivity contribution < 1.29 is 33.4 Å². The van der Waals surface area contributed by atoms with Crippen molar-refractivity contribution in [2.75, 3.05) is 6.61 Å². The molecule has 1 amide bonds. The molecule has 1 aromatic carbocycles. The number of benzene rings is 1. The summed E-state index contributed by atoms with van der Waals surface area (Å²) in [4.78, 5) is 46.0. The maximum atomic E-state index is 14.4. The van der Waals surface area contributed by atoms with Crippen molar-refractivity contribution in [2.24, 2.45) is 22.4 Å². The molecule has 1 fully saturated rings. The third-order valence-electron chi connectivity index (χ3n) is 7.45. The van der Waals surface area contributed by atoms with Gasteiger partial charge in [-0.05, 0) is 49.8 Å². The molecule has 1 aliphatic rings. The van der Waals surface area contributed by atoms with E-state index < -0.39 is 35.4 Å². The molecule has 1 aliphatic carbocycles. The Balaban J connectivity index is 0.000000638. The predicted molar refractivity (Wildman–Crippen MR) is 202 cm³/mol. The van der Waals surface area contributed by atoms with E-state index in [9.17, 15) is 23.5 Å². The van der Waals surface area contributed by atoms with Gasteiger partial charge in [-0.3, -0.25) is 14.6 Å². The second-order valence-electron chi connectivity index (χ2n) is 12.0. The maximum absolute atomic E-state index is 14.4. The van der Waals surface area contributed by atoms with Gasteiger partial charge in [0.2, 0.25) is 5.95 Å². The number of allylic oxidation sites excluding steroid dienone is 1. The number of aliphatic hydroxyl groups is 2. The molecule has 1 atom stereocenters. The van der Waals surface area contributed by atoms with E-state index in [0.717, 1.165) is 60.3 Å². The highest BCUT2D eigenvalue weighted by molar-refractivity contribution is 7.13. The molecule has 1 saturated carbocycles. The Bertz CT molecular complexity index is 1780. The first-order chi connectivity index (χ1) is 25.5. The number of rotatable bonds is 10. The number of hydrogen-bond donors (Lipinski definition) is 5. The van der Waals surface area contributed by atoms with Crippen molar-refractivity contribution in [1.29, 1.82) is 0 Å². The minimum atomic E-state index is -1.19. The molecule has 13 nitrogen and oxygen atoms in total. The molecule has 286 valence electrons. The van der Waals surface area contributed by atoms with Crippen LogP contribution in [0.5, 0.6) is 0 Å². The third-order valence-corrected chi connectivity index (χ3v) is 8.34. The third kappa shape index (κ3) is 14.5. The fourth-order valence-corrected chi connectivity index (χ4v) is 5.65. The summed E-state index contributed by atoms with van der Waals surface area (Å²) >= 11 is 1.15. The number of nitrogens with zero attached hydrogens (tertiary/aromatic N) is 5. The number of nitrogens with one attached hydrogen (secondary N) is 1. The Hall–Kier alpha value is -5.03. The van der Waals surface area contributed by atoms with Crippen molar-refractivity contribution in [3.8, 4) is 10.6 Å². The Morgan fingerprint density at radius 1 is 1.11 bits per heavy atom. The van der Waals surface area contributed by atoms with E-state index >= 15 is 0 Å². The molecule has 5 rings (SSSR count). The Morgan fingerprint density at radius 2 is 1.77 bits per heavy atom. The lowest BCUT2D eigenvalue weighted by molar-refractivity contribution is -0.0980. The SMILES string of the molecule is C=O.CC(C)CC(O)C(=O)n1cc(-c2nc(C(=O)N/C(C=NC3CCCCC3)=C(/N)c3nc(F)ccc3F)cs2)cn1.CCO.NCc1ccccc1. The lowest BCUT2D eigenvalue weighted by Crippen LogP contribution is -2.28. The average molecular weight is 755 g/mol. The second kappa shape index (κ2) is 23.5. The van der Waals surface area contributed by atoms with Gasteiger partial charge in [-0.25, -0.2) is 19.0 Å². The fraction of sp³-hybridized carbons (Fsp3) is 0.378. The minimum absolute atomic E-state index is 0.0281. The lowest BCUT2D eigenvalue weighted by Gasteiger charge is -2.18. The summed E-state index contributed by atoms with van der Waals surface area (Å²) in [6.45, 7) is 8.36. The summed E-state index contributed by atoms with van der Waals surface area (Å²) < 4.78 is 29.3. The van der Waals surface area contributed by atoms with Crippen molar-refractivity contribution in [1.82, 2.24) is 25.1 Å². The molecular formula is C37H48F2N8O5S. The molecule has 7 N–H and O–H groups in total. The smallest absolute Gasteiger partial charge is 0.275 e. The highest BCUT2D eigenvalue weighted by Gasteiger charge is 2.22. The zero-order chi connectivity index (χ0) is 39.3. The van der Waals surface area contributed by atoms with E-state index in [1.54, 1.807) is 6.92 Å². The maximum Gasteiger partial charge on any atom is 0.275 e. The number of aromatic nitrogens is 4. The van der Waals surface area contributed by atoms with Gasteiger partial charge >= 0.3 is 0 Å². The van der Waals surface area contributed by atoms with Gasteiger partial charge in [0.15, 0.2) is 5.82 Å². The number of aliphatic imine (C=N–C) groups is 1. The van der Waals surface area contributed by atoms with Crippen LogP contribution < -0.4 is 16.8 Å². The first-order valence-electron chi connectivity index (χ1n) is 17.0. The summed E-state index contributed by atoms with van der Waals surface area (Å²) in [6.07, 6.45) is 8.28. The highest BCUT2D eigenvalue weighted by atomic mass is 32.1. The lowest BCUT2D eigenvalue weighted by atomic mass is 9.96. The molecular weight excluding hydrogens is 707 g/mol. The van der Waals surface area contributed by atoms with Crippen molar-refractivity contribution >= 4 is 41.9 Å². The van der Waals surface area contributed by atoms with Crippen LogP contribution in [0.15, 0.2) is 70.9 Å². The Morgan fingerprint density at radius 3 is 2.38 bits per heavy atom. The van der Waals surface area contributed by atoms with E-state index in [2.05, 4.69) is 25.4 Å². The van der Waals surface area contributed by atoms with Gasteiger partial charge in [-0.2, -0.15) is 9.49 Å². The molecule has 0 saturated heterocycles. The fourth-order valence-electron chi connectivity index (χ4n) is 4.88. The number of nitrogens with two attached hydrogens (primary N) is 2. The van der Waals surface area contributed by atoms with E-state index in [4.69, 9.17) is 21.4 Å². The van der Waals surface area contributed by atoms with E-state index in [-0.39, 0.29) is 35.7 Å². The van der Waals surface area contributed by atoms with Crippen molar-refractivity contribution in [3.63, 3.8) is 0 Å². The number of carbonyl (C=O) groups is 3. The van der Waals surface area contributed by atoms with E-state index in [0.29, 0.717) is 23.5 Å². The van der Waals surface area contributed by atoms with Gasteiger partial charge in [0, 0.05) is 36.5 Å². The molecule has 3 aromatic heterocycles. The molecule has 16 heteroatoms. The second-order valence-corrected chi connectivity index (χ2v) is 12.9. The summed E-state index contributed by atoms with van der Waals surface area (Å²) in [5, 5.41) is 26.2. The Labute approximate surface area is 311 Å². The number of thiazole rings is 1. The number of carbonyl (C=O) groups excluding carboxylic acids is 3. The molecule has 4 aromatic rings. The zero-order valence-electron chi connectivity index (χ0n) is 30.1. The van der Waals surface area contributed by atoms with Crippen LogP contribution in [0.4, 0.5) is 8.78 Å². The van der Waals surface area contributed by atoms with Gasteiger partial charge in [-0.15, -0.1) is 11.3 Å². The normalized spacial score (nSPS) is 13.8. The first-order valence-corrected chi connectivity index (χ1v) is 17.9.